The van der Waals surface area contributed by atoms with Gasteiger partial charge in [-0.1, -0.05) is 82.4 Å². The van der Waals surface area contributed by atoms with Crippen LogP contribution in [0, 0.1) is 13.8 Å². The molecule has 1 aromatic heterocycles. The van der Waals surface area contributed by atoms with Crippen molar-refractivity contribution in [3.63, 3.8) is 0 Å². The van der Waals surface area contributed by atoms with Gasteiger partial charge in [-0.15, -0.1) is 10.2 Å². The molecule has 0 N–H and O–H groups in total. The van der Waals surface area contributed by atoms with Crippen LogP contribution in [0.5, 0.6) is 0 Å². The fraction of sp³-hybridized carbons (Fsp3) is 0.222. The summed E-state index contributed by atoms with van der Waals surface area (Å²) in [6, 6.07) is 14.5. The highest BCUT2D eigenvalue weighted by molar-refractivity contribution is 8.02. The first kappa shape index (κ1) is 17.8. The molecule has 0 saturated carbocycles. The van der Waals surface area contributed by atoms with Crippen molar-refractivity contribution < 1.29 is 0 Å². The summed E-state index contributed by atoms with van der Waals surface area (Å²) in [6.45, 7) is 4.28. The van der Waals surface area contributed by atoms with E-state index in [2.05, 4.69) is 42.2 Å². The van der Waals surface area contributed by atoms with E-state index in [1.165, 1.54) is 22.3 Å². The number of rotatable bonds is 6. The van der Waals surface area contributed by atoms with Gasteiger partial charge in [-0.25, -0.2) is 0 Å². The molecular weight excluding hydrogens is 376 g/mol. The van der Waals surface area contributed by atoms with Gasteiger partial charge in [-0.05, 0) is 42.7 Å². The van der Waals surface area contributed by atoms with E-state index in [1.54, 1.807) is 34.9 Å². The fourth-order valence-electron chi connectivity index (χ4n) is 2.13. The van der Waals surface area contributed by atoms with Crippen LogP contribution in [0.25, 0.3) is 0 Å². The molecule has 0 aliphatic rings. The summed E-state index contributed by atoms with van der Waals surface area (Å²) in [5, 5.41) is 9.35. The number of aromatic nitrogens is 2. The average Bonchev–Trinajstić information content (AvgIpc) is 3.03. The van der Waals surface area contributed by atoms with Crippen LogP contribution in [0.1, 0.15) is 22.3 Å². The molecule has 0 aliphatic heterocycles. The summed E-state index contributed by atoms with van der Waals surface area (Å²) < 4.78 is 2.03. The molecule has 3 aromatic rings. The summed E-state index contributed by atoms with van der Waals surface area (Å²) in [7, 11) is 0. The molecule has 0 amide bonds. The van der Waals surface area contributed by atoms with Crippen molar-refractivity contribution in [2.75, 3.05) is 0 Å². The second-order valence-electron chi connectivity index (χ2n) is 5.47. The SMILES string of the molecule is Cc1ccc(C)c(CSc2nnc(SCc3ccc(Cl)cc3)s2)c1. The number of aryl methyl sites for hydroxylation is 2. The molecule has 124 valence electrons. The van der Waals surface area contributed by atoms with Crippen molar-refractivity contribution >= 4 is 46.5 Å². The lowest BCUT2D eigenvalue weighted by Crippen LogP contribution is -1.87. The van der Waals surface area contributed by atoms with Gasteiger partial charge in [0.1, 0.15) is 0 Å². The first-order chi connectivity index (χ1) is 11.6. The van der Waals surface area contributed by atoms with Gasteiger partial charge in [-0.3, -0.25) is 0 Å². The van der Waals surface area contributed by atoms with Crippen molar-refractivity contribution in [2.24, 2.45) is 0 Å². The van der Waals surface area contributed by atoms with Crippen molar-refractivity contribution in [1.82, 2.24) is 10.2 Å². The molecule has 0 saturated heterocycles. The van der Waals surface area contributed by atoms with E-state index in [-0.39, 0.29) is 0 Å². The number of hydrogen-bond donors (Lipinski definition) is 0. The molecule has 3 rings (SSSR count). The summed E-state index contributed by atoms with van der Waals surface area (Å²) in [4.78, 5) is 0. The third-order valence-electron chi connectivity index (χ3n) is 3.52. The Morgan fingerprint density at radius 1 is 0.917 bits per heavy atom. The number of thioether (sulfide) groups is 2. The smallest absolute Gasteiger partial charge is 0.131 e. The highest BCUT2D eigenvalue weighted by atomic mass is 35.5. The summed E-state index contributed by atoms with van der Waals surface area (Å²) in [6.07, 6.45) is 0. The van der Waals surface area contributed by atoms with Crippen LogP contribution < -0.4 is 0 Å². The molecule has 0 atom stereocenters. The van der Waals surface area contributed by atoms with E-state index >= 15 is 0 Å². The lowest BCUT2D eigenvalue weighted by atomic mass is 10.1. The second kappa shape index (κ2) is 8.39. The van der Waals surface area contributed by atoms with Crippen LogP contribution in [0.2, 0.25) is 5.02 Å². The number of halogens is 1. The molecule has 0 radical (unpaired) electrons. The van der Waals surface area contributed by atoms with Crippen molar-refractivity contribution in [1.29, 1.82) is 0 Å². The summed E-state index contributed by atoms with van der Waals surface area (Å²) in [5.41, 5.74) is 5.23. The van der Waals surface area contributed by atoms with Gasteiger partial charge >= 0.3 is 0 Å². The zero-order valence-corrected chi connectivity index (χ0v) is 16.7. The van der Waals surface area contributed by atoms with E-state index in [0.717, 1.165) is 25.2 Å². The predicted molar refractivity (Wildman–Crippen MR) is 106 cm³/mol. The molecule has 0 bridgehead atoms. The van der Waals surface area contributed by atoms with E-state index in [9.17, 15) is 0 Å². The van der Waals surface area contributed by atoms with Gasteiger partial charge in [0.15, 0.2) is 8.68 Å². The first-order valence-corrected chi connectivity index (χ1v) is 10.7. The van der Waals surface area contributed by atoms with Crippen LogP contribution in [0.3, 0.4) is 0 Å². The van der Waals surface area contributed by atoms with E-state index in [0.29, 0.717) is 0 Å². The quantitative estimate of drug-likeness (QED) is 0.453. The Balaban J connectivity index is 1.55. The van der Waals surface area contributed by atoms with Gasteiger partial charge < -0.3 is 0 Å². The minimum atomic E-state index is 0.768. The Morgan fingerprint density at radius 3 is 2.29 bits per heavy atom. The monoisotopic (exact) mass is 392 g/mol. The Bertz CT molecular complexity index is 815. The minimum absolute atomic E-state index is 0.768. The van der Waals surface area contributed by atoms with Crippen LogP contribution in [0.4, 0.5) is 0 Å². The molecule has 0 unspecified atom stereocenters. The maximum absolute atomic E-state index is 5.91. The zero-order chi connectivity index (χ0) is 16.9. The molecule has 2 nitrogen and oxygen atoms in total. The predicted octanol–water partition coefficient (Wildman–Crippen LogP) is 6.39. The van der Waals surface area contributed by atoms with Gasteiger partial charge in [0.05, 0.1) is 0 Å². The number of benzene rings is 2. The van der Waals surface area contributed by atoms with Crippen LogP contribution in [-0.4, -0.2) is 10.2 Å². The molecule has 0 aliphatic carbocycles. The van der Waals surface area contributed by atoms with Gasteiger partial charge in [0.25, 0.3) is 0 Å². The molecular formula is C18H17ClN2S3. The molecule has 0 spiro atoms. The fourth-order valence-corrected chi connectivity index (χ4v) is 5.30. The van der Waals surface area contributed by atoms with Gasteiger partial charge in [0.2, 0.25) is 0 Å². The van der Waals surface area contributed by atoms with E-state index in [1.807, 2.05) is 24.3 Å². The second-order valence-corrected chi connectivity index (χ2v) is 9.33. The normalized spacial score (nSPS) is 11.0. The highest BCUT2D eigenvalue weighted by Gasteiger charge is 2.07. The van der Waals surface area contributed by atoms with Gasteiger partial charge in [0, 0.05) is 16.5 Å². The van der Waals surface area contributed by atoms with Crippen LogP contribution in [-0.2, 0) is 11.5 Å². The number of nitrogens with zero attached hydrogens (tertiary/aromatic N) is 2. The van der Waals surface area contributed by atoms with Crippen LogP contribution >= 0.6 is 46.5 Å². The maximum atomic E-state index is 5.91. The molecule has 6 heteroatoms. The summed E-state index contributed by atoms with van der Waals surface area (Å²) in [5.74, 6) is 1.82. The third-order valence-corrected chi connectivity index (χ3v) is 7.08. The zero-order valence-electron chi connectivity index (χ0n) is 13.5. The Hall–Kier alpha value is -1.01. The minimum Gasteiger partial charge on any atom is -0.131 e. The molecule has 2 aromatic carbocycles. The van der Waals surface area contributed by atoms with Crippen molar-refractivity contribution in [3.8, 4) is 0 Å². The molecule has 0 fully saturated rings. The molecule has 1 heterocycles. The number of hydrogen-bond acceptors (Lipinski definition) is 5. The van der Waals surface area contributed by atoms with Crippen molar-refractivity contribution in [2.45, 2.75) is 34.0 Å². The van der Waals surface area contributed by atoms with E-state index < -0.39 is 0 Å². The molecule has 24 heavy (non-hydrogen) atoms. The lowest BCUT2D eigenvalue weighted by Gasteiger charge is -2.05. The van der Waals surface area contributed by atoms with E-state index in [4.69, 9.17) is 11.6 Å². The maximum Gasteiger partial charge on any atom is 0.175 e. The highest BCUT2D eigenvalue weighted by Crippen LogP contribution is 2.33. The Labute approximate surface area is 160 Å². The van der Waals surface area contributed by atoms with Crippen LogP contribution in [0.15, 0.2) is 51.1 Å². The lowest BCUT2D eigenvalue weighted by molar-refractivity contribution is 0.954. The third kappa shape index (κ3) is 4.99. The summed E-state index contributed by atoms with van der Waals surface area (Å²) >= 11 is 11.0. The Morgan fingerprint density at radius 2 is 1.58 bits per heavy atom. The largest absolute Gasteiger partial charge is 0.175 e. The first-order valence-electron chi connectivity index (χ1n) is 7.50. The standard InChI is InChI=1S/C18H17ClN2S3/c1-12-3-4-13(2)15(9-12)11-23-18-21-20-17(24-18)22-10-14-5-7-16(19)8-6-14/h3-9H,10-11H2,1-2H3. The topological polar surface area (TPSA) is 25.8 Å². The average molecular weight is 393 g/mol. The van der Waals surface area contributed by atoms with Gasteiger partial charge in [-0.2, -0.15) is 0 Å². The van der Waals surface area contributed by atoms with Crippen molar-refractivity contribution in [3.05, 3.63) is 69.7 Å². The Kier molecular flexibility index (Phi) is 6.22.